The van der Waals surface area contributed by atoms with E-state index in [2.05, 4.69) is 23.5 Å². The number of methoxy groups -OCH3 is 2. The van der Waals surface area contributed by atoms with Gasteiger partial charge in [0.05, 0.1) is 26.2 Å². The number of nitrogens with zero attached hydrogens (tertiary/aromatic N) is 5. The second kappa shape index (κ2) is 8.12. The van der Waals surface area contributed by atoms with Crippen LogP contribution in [0.25, 0.3) is 33.8 Å². The molecule has 0 atom stereocenters. The second-order valence-electron chi connectivity index (χ2n) is 7.69. The number of hydrogen-bond acceptors (Lipinski definition) is 6. The molecule has 2 aromatic carbocycles. The van der Waals surface area contributed by atoms with E-state index in [9.17, 15) is 0 Å². The first kappa shape index (κ1) is 20.8. The van der Waals surface area contributed by atoms with Crippen LogP contribution in [0.1, 0.15) is 18.2 Å². The number of aryl methyl sites for hydroxylation is 1. The predicted molar refractivity (Wildman–Crippen MR) is 127 cm³/mol. The van der Waals surface area contributed by atoms with Crippen molar-refractivity contribution in [2.45, 2.75) is 20.8 Å². The summed E-state index contributed by atoms with van der Waals surface area (Å²) in [5, 5.41) is 5.64. The molecule has 0 saturated carbocycles. The lowest BCUT2D eigenvalue weighted by Gasteiger charge is -2.09. The van der Waals surface area contributed by atoms with Crippen molar-refractivity contribution >= 4 is 16.7 Å². The Labute approximate surface area is 191 Å². The average Bonchev–Trinajstić information content (AvgIpc) is 3.38. The zero-order valence-electron chi connectivity index (χ0n) is 19.3. The molecule has 3 aromatic heterocycles. The monoisotopic (exact) mass is 443 g/mol. The van der Waals surface area contributed by atoms with Crippen molar-refractivity contribution in [3.05, 3.63) is 60.0 Å². The first-order valence-electron chi connectivity index (χ1n) is 10.7. The molecule has 5 rings (SSSR count). The Kier molecular flexibility index (Phi) is 5.12. The van der Waals surface area contributed by atoms with Gasteiger partial charge < -0.3 is 14.2 Å². The van der Waals surface area contributed by atoms with E-state index in [1.54, 1.807) is 25.1 Å². The topological polar surface area (TPSA) is 75.7 Å². The quantitative estimate of drug-likeness (QED) is 0.376. The van der Waals surface area contributed by atoms with Crippen molar-refractivity contribution < 1.29 is 14.2 Å². The molecule has 168 valence electrons. The molecule has 0 bridgehead atoms. The van der Waals surface area contributed by atoms with E-state index in [0.717, 1.165) is 44.9 Å². The van der Waals surface area contributed by atoms with Gasteiger partial charge >= 0.3 is 0 Å². The summed E-state index contributed by atoms with van der Waals surface area (Å²) in [6.45, 7) is 6.80. The molecule has 0 radical (unpaired) electrons. The minimum absolute atomic E-state index is 0.594. The molecule has 0 aliphatic carbocycles. The van der Waals surface area contributed by atoms with Crippen LogP contribution >= 0.6 is 0 Å². The molecule has 3 heterocycles. The molecule has 0 aliphatic rings. The summed E-state index contributed by atoms with van der Waals surface area (Å²) in [5.74, 6) is 2.73. The van der Waals surface area contributed by atoms with Gasteiger partial charge in [0.2, 0.25) is 0 Å². The molecule has 0 saturated heterocycles. The third kappa shape index (κ3) is 3.34. The fourth-order valence-corrected chi connectivity index (χ4v) is 4.13. The van der Waals surface area contributed by atoms with Crippen LogP contribution in [0.15, 0.2) is 48.8 Å². The third-order valence-corrected chi connectivity index (χ3v) is 5.88. The van der Waals surface area contributed by atoms with E-state index < -0.39 is 0 Å². The highest BCUT2D eigenvalue weighted by Gasteiger charge is 2.20. The fraction of sp³-hybridized carbons (Fsp3) is 0.240. The molecule has 0 amide bonds. The second-order valence-corrected chi connectivity index (χ2v) is 7.69. The summed E-state index contributed by atoms with van der Waals surface area (Å²) in [6, 6.07) is 13.7. The van der Waals surface area contributed by atoms with Gasteiger partial charge in [-0.2, -0.15) is 0 Å². The first-order chi connectivity index (χ1) is 16.0. The van der Waals surface area contributed by atoms with Gasteiger partial charge in [-0.25, -0.2) is 14.5 Å². The molecule has 0 spiro atoms. The molecule has 8 heteroatoms. The molecule has 8 nitrogen and oxygen atoms in total. The van der Waals surface area contributed by atoms with Crippen molar-refractivity contribution in [1.82, 2.24) is 24.1 Å². The lowest BCUT2D eigenvalue weighted by Crippen LogP contribution is -1.99. The highest BCUT2D eigenvalue weighted by atomic mass is 16.5. The van der Waals surface area contributed by atoms with Crippen LogP contribution < -0.4 is 14.2 Å². The zero-order chi connectivity index (χ0) is 23.1. The largest absolute Gasteiger partial charge is 0.494 e. The van der Waals surface area contributed by atoms with Crippen LogP contribution in [0.5, 0.6) is 17.2 Å². The highest BCUT2D eigenvalue weighted by Crippen LogP contribution is 2.33. The van der Waals surface area contributed by atoms with Crippen molar-refractivity contribution in [2.24, 2.45) is 0 Å². The maximum atomic E-state index is 5.59. The summed E-state index contributed by atoms with van der Waals surface area (Å²) in [4.78, 5) is 9.61. The van der Waals surface area contributed by atoms with Gasteiger partial charge in [-0.1, -0.05) is 0 Å². The van der Waals surface area contributed by atoms with Crippen LogP contribution in [0, 0.1) is 13.8 Å². The molecule has 0 N–H and O–H groups in total. The number of benzene rings is 2. The Balaban J connectivity index is 1.67. The molecule has 0 aliphatic heterocycles. The zero-order valence-corrected chi connectivity index (χ0v) is 19.3. The smallest absolute Gasteiger partial charge is 0.182 e. The Morgan fingerprint density at radius 3 is 2.36 bits per heavy atom. The number of fused-ring (bicyclic) bond motifs is 3. The van der Waals surface area contributed by atoms with Gasteiger partial charge in [0, 0.05) is 16.9 Å². The minimum Gasteiger partial charge on any atom is -0.494 e. The maximum absolute atomic E-state index is 5.59. The van der Waals surface area contributed by atoms with E-state index in [1.165, 1.54) is 0 Å². The Morgan fingerprint density at radius 1 is 0.909 bits per heavy atom. The lowest BCUT2D eigenvalue weighted by molar-refractivity contribution is 0.340. The number of hydrogen-bond donors (Lipinski definition) is 0. The fourth-order valence-electron chi connectivity index (χ4n) is 4.13. The van der Waals surface area contributed by atoms with Gasteiger partial charge in [0.25, 0.3) is 0 Å². The van der Waals surface area contributed by atoms with Crippen molar-refractivity contribution in [1.29, 1.82) is 0 Å². The summed E-state index contributed by atoms with van der Waals surface area (Å²) in [7, 11) is 3.23. The average molecular weight is 444 g/mol. The molecular formula is C25H25N5O3. The molecular weight excluding hydrogens is 418 g/mol. The minimum atomic E-state index is 0.594. The number of rotatable bonds is 6. The standard InChI is InChI=1S/C25H25N5O3/c1-6-33-19-10-8-18(9-11-19)30-16(3)15(2)22-24(30)26-14-29-25(22)27-23(28-29)17-7-12-20(31-4)21(13-17)32-5/h7-14H,6H2,1-5H3. The van der Waals surface area contributed by atoms with E-state index in [-0.39, 0.29) is 0 Å². The predicted octanol–water partition coefficient (Wildman–Crippen LogP) is 4.77. The Hall–Kier alpha value is -4.07. The van der Waals surface area contributed by atoms with Gasteiger partial charge in [-0.05, 0) is 68.8 Å². The van der Waals surface area contributed by atoms with Crippen LogP contribution in [-0.4, -0.2) is 45.0 Å². The first-order valence-corrected chi connectivity index (χ1v) is 10.7. The summed E-state index contributed by atoms with van der Waals surface area (Å²) in [5.41, 5.74) is 5.67. The molecule has 0 unspecified atom stereocenters. The molecule has 0 fully saturated rings. The normalized spacial score (nSPS) is 11.3. The van der Waals surface area contributed by atoms with Crippen molar-refractivity contribution in [2.75, 3.05) is 20.8 Å². The van der Waals surface area contributed by atoms with E-state index in [4.69, 9.17) is 24.2 Å². The maximum Gasteiger partial charge on any atom is 0.182 e. The summed E-state index contributed by atoms with van der Waals surface area (Å²) >= 11 is 0. The SMILES string of the molecule is CCOc1ccc(-n2c(C)c(C)c3c2ncn2nc(-c4ccc(OC)c(OC)c4)nc32)cc1. The Morgan fingerprint density at radius 2 is 1.67 bits per heavy atom. The Bertz CT molecular complexity index is 1470. The summed E-state index contributed by atoms with van der Waals surface area (Å²) < 4.78 is 20.2. The van der Waals surface area contributed by atoms with Crippen molar-refractivity contribution in [3.63, 3.8) is 0 Å². The van der Waals surface area contributed by atoms with E-state index in [1.807, 2.05) is 49.4 Å². The van der Waals surface area contributed by atoms with Gasteiger partial charge in [-0.3, -0.25) is 4.57 Å². The number of aromatic nitrogens is 5. The van der Waals surface area contributed by atoms with Crippen LogP contribution in [-0.2, 0) is 0 Å². The van der Waals surface area contributed by atoms with Crippen LogP contribution in [0.4, 0.5) is 0 Å². The van der Waals surface area contributed by atoms with Gasteiger partial charge in [0.15, 0.2) is 28.6 Å². The van der Waals surface area contributed by atoms with Crippen molar-refractivity contribution in [3.8, 4) is 34.3 Å². The van der Waals surface area contributed by atoms with Gasteiger partial charge in [-0.15, -0.1) is 5.10 Å². The molecule has 5 aromatic rings. The van der Waals surface area contributed by atoms with Gasteiger partial charge in [0.1, 0.15) is 12.1 Å². The number of ether oxygens (including phenoxy) is 3. The third-order valence-electron chi connectivity index (χ3n) is 5.88. The summed E-state index contributed by atoms with van der Waals surface area (Å²) in [6.07, 6.45) is 1.71. The van der Waals surface area contributed by atoms with E-state index >= 15 is 0 Å². The molecule has 33 heavy (non-hydrogen) atoms. The van der Waals surface area contributed by atoms with Crippen LogP contribution in [0.2, 0.25) is 0 Å². The van der Waals surface area contributed by atoms with Crippen LogP contribution in [0.3, 0.4) is 0 Å². The highest BCUT2D eigenvalue weighted by molar-refractivity contribution is 5.95. The van der Waals surface area contributed by atoms with E-state index in [0.29, 0.717) is 23.9 Å². The lowest BCUT2D eigenvalue weighted by atomic mass is 10.2.